The Morgan fingerprint density at radius 3 is 0.840 bits per heavy atom. The molecule has 100 heavy (non-hydrogen) atoms. The molecule has 470 valence electrons. The SMILES string of the molecule is CC(C)(C)c1cc2c3c(c1)-c1cc(-c4c(-c5ccccc5)cc(-c5ccccc5)cc4-c4ccccc4)c4cc5c6c(cc(-c7c(-c8ccccc8)cc(-c8ccccc8)cc7-c7ccccc7)c7cc(c1c4c76)B3c1ccccc1O2)-c1cc(C(C)(C)C)cc2c1B5c1ccccc1O2. The van der Waals surface area contributed by atoms with E-state index >= 15 is 0 Å². The van der Waals surface area contributed by atoms with Crippen LogP contribution in [-0.2, 0) is 10.8 Å². The van der Waals surface area contributed by atoms with Crippen molar-refractivity contribution in [1.29, 1.82) is 0 Å². The summed E-state index contributed by atoms with van der Waals surface area (Å²) in [5.74, 6) is 3.65. The minimum atomic E-state index is -0.209. The first kappa shape index (κ1) is 58.4. The smallest absolute Gasteiger partial charge is 0.252 e. The maximum Gasteiger partial charge on any atom is 0.252 e. The van der Waals surface area contributed by atoms with Gasteiger partial charge in [-0.15, -0.1) is 0 Å². The van der Waals surface area contributed by atoms with Crippen molar-refractivity contribution in [1.82, 2.24) is 0 Å². The molecule has 0 spiro atoms. The Labute approximate surface area is 585 Å². The van der Waals surface area contributed by atoms with Gasteiger partial charge in [0.2, 0.25) is 0 Å². The van der Waals surface area contributed by atoms with Crippen LogP contribution in [-0.4, -0.2) is 13.4 Å². The summed E-state index contributed by atoms with van der Waals surface area (Å²) < 4.78 is 14.7. The van der Waals surface area contributed by atoms with E-state index in [0.29, 0.717) is 0 Å². The number of rotatable bonds is 8. The molecule has 0 bridgehead atoms. The molecule has 0 aromatic heterocycles. The molecule has 4 heterocycles. The van der Waals surface area contributed by atoms with E-state index in [9.17, 15) is 0 Å². The van der Waals surface area contributed by atoms with Crippen LogP contribution in [0.2, 0.25) is 0 Å². The molecule has 0 atom stereocenters. The van der Waals surface area contributed by atoms with E-state index in [1.165, 1.54) is 154 Å². The molecular formula is C96H68B2O2. The van der Waals surface area contributed by atoms with Crippen LogP contribution in [0.5, 0.6) is 23.0 Å². The molecule has 0 saturated carbocycles. The Morgan fingerprint density at radius 1 is 0.220 bits per heavy atom. The molecule has 4 heteroatoms. The lowest BCUT2D eigenvalue weighted by Gasteiger charge is -2.39. The van der Waals surface area contributed by atoms with Gasteiger partial charge < -0.3 is 9.47 Å². The molecule has 0 fully saturated rings. The number of hydrogen-bond acceptors (Lipinski definition) is 2. The first-order valence-electron chi connectivity index (χ1n) is 35.3. The van der Waals surface area contributed by atoms with Crippen molar-refractivity contribution in [2.45, 2.75) is 52.4 Å². The predicted octanol–water partition coefficient (Wildman–Crippen LogP) is 21.7. The Bertz CT molecular complexity index is 5570. The lowest BCUT2D eigenvalue weighted by atomic mass is 9.31. The fourth-order valence-electron chi connectivity index (χ4n) is 17.6. The summed E-state index contributed by atoms with van der Waals surface area (Å²) in [5.41, 5.74) is 33.1. The molecule has 0 saturated heterocycles. The highest BCUT2D eigenvalue weighted by molar-refractivity contribution is 7.01. The monoisotopic (exact) mass is 1270 g/mol. The van der Waals surface area contributed by atoms with Crippen LogP contribution in [0.25, 0.3) is 144 Å². The van der Waals surface area contributed by atoms with Crippen LogP contribution in [0.4, 0.5) is 0 Å². The maximum absolute atomic E-state index is 7.37. The summed E-state index contributed by atoms with van der Waals surface area (Å²) in [7, 11) is 0. The zero-order valence-electron chi connectivity index (χ0n) is 56.8. The third-order valence-corrected chi connectivity index (χ3v) is 22.2. The van der Waals surface area contributed by atoms with Crippen molar-refractivity contribution in [2.75, 3.05) is 0 Å². The quantitative estimate of drug-likeness (QED) is 0.112. The fourth-order valence-corrected chi connectivity index (χ4v) is 17.6. The van der Waals surface area contributed by atoms with Gasteiger partial charge in [-0.2, -0.15) is 0 Å². The summed E-state index contributed by atoms with van der Waals surface area (Å²) in [6, 6.07) is 115. The molecule has 16 aromatic carbocycles. The van der Waals surface area contributed by atoms with Crippen molar-refractivity contribution < 1.29 is 9.47 Å². The highest BCUT2D eigenvalue weighted by Gasteiger charge is 2.46. The van der Waals surface area contributed by atoms with Gasteiger partial charge in [-0.3, -0.25) is 0 Å². The third kappa shape index (κ3) is 8.85. The van der Waals surface area contributed by atoms with Crippen molar-refractivity contribution in [3.8, 4) is 134 Å². The second-order valence-electron chi connectivity index (χ2n) is 30.1. The van der Waals surface area contributed by atoms with Gasteiger partial charge >= 0.3 is 0 Å². The molecule has 4 aliphatic rings. The summed E-state index contributed by atoms with van der Waals surface area (Å²) in [4.78, 5) is 0. The van der Waals surface area contributed by atoms with Gasteiger partial charge in [-0.25, -0.2) is 0 Å². The predicted molar refractivity (Wildman–Crippen MR) is 424 cm³/mol. The van der Waals surface area contributed by atoms with Gasteiger partial charge in [0.25, 0.3) is 13.4 Å². The molecule has 0 aliphatic carbocycles. The second-order valence-corrected chi connectivity index (χ2v) is 30.1. The number of hydrogen-bond donors (Lipinski definition) is 0. The third-order valence-electron chi connectivity index (χ3n) is 22.2. The number of ether oxygens (including phenoxy) is 2. The van der Waals surface area contributed by atoms with E-state index in [2.05, 4.69) is 345 Å². The van der Waals surface area contributed by atoms with Gasteiger partial charge in [0.1, 0.15) is 23.0 Å². The van der Waals surface area contributed by atoms with Crippen molar-refractivity contribution in [2.24, 2.45) is 0 Å². The second kappa shape index (κ2) is 21.9. The van der Waals surface area contributed by atoms with Gasteiger partial charge in [-0.05, 0) is 248 Å². The van der Waals surface area contributed by atoms with Gasteiger partial charge in [0.05, 0.1) is 0 Å². The number of fused-ring (bicyclic) bond motifs is 8. The first-order chi connectivity index (χ1) is 48.9. The molecule has 16 aromatic rings. The fraction of sp³-hybridized carbons (Fsp3) is 0.0833. The van der Waals surface area contributed by atoms with Crippen molar-refractivity contribution in [3.05, 3.63) is 314 Å². The molecule has 0 radical (unpaired) electrons. The highest BCUT2D eigenvalue weighted by atomic mass is 16.5. The number of benzene rings is 16. The minimum Gasteiger partial charge on any atom is -0.458 e. The normalized spacial score (nSPS) is 13.0. The zero-order valence-corrected chi connectivity index (χ0v) is 56.8. The molecule has 2 nitrogen and oxygen atoms in total. The van der Waals surface area contributed by atoms with Crippen LogP contribution in [0.1, 0.15) is 52.7 Å². The highest BCUT2D eigenvalue weighted by Crippen LogP contribution is 2.56. The topological polar surface area (TPSA) is 18.5 Å². The number of para-hydroxylation sites is 2. The average Bonchev–Trinajstić information content (AvgIpc) is 0.664. The van der Waals surface area contributed by atoms with E-state index in [1.54, 1.807) is 0 Å². The van der Waals surface area contributed by atoms with E-state index in [0.717, 1.165) is 56.4 Å². The van der Waals surface area contributed by atoms with Gasteiger partial charge in [-0.1, -0.05) is 295 Å². The van der Waals surface area contributed by atoms with E-state index in [-0.39, 0.29) is 24.3 Å². The lowest BCUT2D eigenvalue weighted by Crippen LogP contribution is -2.58. The Kier molecular flexibility index (Phi) is 12.8. The minimum absolute atomic E-state index is 0.165. The van der Waals surface area contributed by atoms with Crippen LogP contribution in [0.3, 0.4) is 0 Å². The summed E-state index contributed by atoms with van der Waals surface area (Å²) in [5, 5.41) is 7.60. The Balaban J connectivity index is 1.06. The molecule has 20 rings (SSSR count). The van der Waals surface area contributed by atoms with Gasteiger partial charge in [0, 0.05) is 0 Å². The largest absolute Gasteiger partial charge is 0.458 e. The Hall–Kier alpha value is -11.7. The van der Waals surface area contributed by atoms with E-state index in [1.807, 2.05) is 0 Å². The van der Waals surface area contributed by atoms with Crippen LogP contribution in [0.15, 0.2) is 303 Å². The molecule has 0 unspecified atom stereocenters. The Morgan fingerprint density at radius 2 is 0.520 bits per heavy atom. The lowest BCUT2D eigenvalue weighted by molar-refractivity contribution is 0.483. The molecule has 0 N–H and O–H groups in total. The summed E-state index contributed by atoms with van der Waals surface area (Å²) in [6.07, 6.45) is 0. The van der Waals surface area contributed by atoms with Crippen LogP contribution in [0, 0.1) is 0 Å². The van der Waals surface area contributed by atoms with Gasteiger partial charge in [0.15, 0.2) is 0 Å². The maximum atomic E-state index is 7.37. The van der Waals surface area contributed by atoms with Crippen molar-refractivity contribution >= 4 is 78.5 Å². The molecule has 0 amide bonds. The molecule has 4 aliphatic heterocycles. The summed E-state index contributed by atoms with van der Waals surface area (Å²) in [6.45, 7) is 13.7. The van der Waals surface area contributed by atoms with E-state index < -0.39 is 0 Å². The first-order valence-corrected chi connectivity index (χ1v) is 35.3. The summed E-state index contributed by atoms with van der Waals surface area (Å²) >= 11 is 0. The standard InChI is InChI=1S/C96H68B2O2/c1-95(2,3)65-49-77-73-53-71(87-67(59-33-17-9-18-34-59)45-63(57-29-13-7-14-30-57)46-68(87)60-35-19-10-20-36-60)75-56-82-90-74(78-50-66(96(4,5)6)52-86-94(78)98(82)80-42-26-28-44-84(80)100-86)54-72(76-55-81(89(73)91(75)92(76)90)97-79-41-25-27-43-83(79)99-85(51-65)93(77)97)88-69(61-37-21-11-22-38-61)47-64(58-31-15-8-16-32-58)48-70(88)62-39-23-12-24-40-62/h7-56H,1-6H3. The van der Waals surface area contributed by atoms with Crippen LogP contribution >= 0.6 is 0 Å². The van der Waals surface area contributed by atoms with Crippen molar-refractivity contribution in [3.63, 3.8) is 0 Å². The molecular weight excluding hydrogens is 1210 g/mol. The van der Waals surface area contributed by atoms with Crippen LogP contribution < -0.4 is 42.3 Å². The van der Waals surface area contributed by atoms with E-state index in [4.69, 9.17) is 9.47 Å². The zero-order chi connectivity index (χ0) is 66.9. The average molecular weight is 1280 g/mol.